The van der Waals surface area contributed by atoms with Crippen LogP contribution in [0.3, 0.4) is 0 Å². The molecule has 0 unspecified atom stereocenters. The Kier molecular flexibility index (Phi) is 6.54. The minimum absolute atomic E-state index is 0.746. The first-order chi connectivity index (χ1) is 4.74. The van der Waals surface area contributed by atoms with Crippen molar-refractivity contribution in [2.75, 3.05) is 12.5 Å². The van der Waals surface area contributed by atoms with Gasteiger partial charge in [-0.2, -0.15) is 23.2 Å². The van der Waals surface area contributed by atoms with Crippen LogP contribution in [0.1, 0.15) is 13.8 Å². The van der Waals surface area contributed by atoms with Crippen LogP contribution in [0.5, 0.6) is 0 Å². The molecule has 0 nitrogen and oxygen atoms in total. The molecule has 0 aromatic carbocycles. The van der Waals surface area contributed by atoms with Crippen LogP contribution in [-0.4, -0.2) is 17.8 Å². The molecule has 0 atom stereocenters. The third kappa shape index (κ3) is 4.34. The van der Waals surface area contributed by atoms with Crippen molar-refractivity contribution in [2.24, 2.45) is 0 Å². The molecule has 0 amide bonds. The van der Waals surface area contributed by atoms with E-state index in [1.54, 1.807) is 0 Å². The van der Waals surface area contributed by atoms with E-state index in [0.29, 0.717) is 0 Å². The number of rotatable bonds is 4. The van der Waals surface area contributed by atoms with Crippen LogP contribution in [0, 0.1) is 0 Å². The molecular formula is C7H15BS2. The highest BCUT2D eigenvalue weighted by atomic mass is 32.2. The number of hydrogen-bond acceptors (Lipinski definition) is 2. The lowest BCUT2D eigenvalue weighted by atomic mass is 9.94. The first-order valence-electron chi connectivity index (χ1n) is 3.42. The Morgan fingerprint density at radius 1 is 1.40 bits per heavy atom. The summed E-state index contributed by atoms with van der Waals surface area (Å²) in [4.78, 5) is 0. The normalized spacial score (nSPS) is 11.8. The molecule has 0 heterocycles. The molecule has 0 aliphatic carbocycles. The zero-order valence-electron chi connectivity index (χ0n) is 7.18. The van der Waals surface area contributed by atoms with E-state index in [9.17, 15) is 0 Å². The van der Waals surface area contributed by atoms with Crippen LogP contribution < -0.4 is 0 Å². The van der Waals surface area contributed by atoms with Gasteiger partial charge in [0.25, 0.3) is 5.27 Å². The van der Waals surface area contributed by atoms with Crippen LogP contribution in [0.4, 0.5) is 0 Å². The largest absolute Gasteiger partial charge is 0.277 e. The predicted octanol–water partition coefficient (Wildman–Crippen LogP) is 3.17. The maximum absolute atomic E-state index is 2.19. The van der Waals surface area contributed by atoms with Crippen molar-refractivity contribution in [1.82, 2.24) is 0 Å². The molecule has 0 N–H and O–H groups in total. The summed E-state index contributed by atoms with van der Waals surface area (Å²) in [6.07, 6.45) is 7.76. The second-order valence-electron chi connectivity index (χ2n) is 2.24. The Bertz CT molecular complexity index is 108. The standard InChI is InChI=1S/C7H15BS2/c1-5-7(2)6-8(9-3)10-4/h5H,6H2,1-4H3/b7-5+. The Balaban J connectivity index is 3.63. The van der Waals surface area contributed by atoms with Gasteiger partial charge < -0.3 is 0 Å². The zero-order chi connectivity index (χ0) is 7.98. The Hall–Kier alpha value is 0.505. The maximum atomic E-state index is 2.19. The lowest BCUT2D eigenvalue weighted by Gasteiger charge is -2.06. The van der Waals surface area contributed by atoms with Crippen molar-refractivity contribution in [1.29, 1.82) is 0 Å². The molecule has 0 spiro atoms. The van der Waals surface area contributed by atoms with Crippen molar-refractivity contribution >= 4 is 28.5 Å². The fourth-order valence-corrected chi connectivity index (χ4v) is 2.27. The summed E-state index contributed by atoms with van der Waals surface area (Å²) in [6.45, 7) is 4.30. The minimum atomic E-state index is 0.746. The van der Waals surface area contributed by atoms with Gasteiger partial charge in [0, 0.05) is 0 Å². The second-order valence-corrected chi connectivity index (χ2v) is 4.62. The first-order valence-corrected chi connectivity index (χ1v) is 5.99. The monoisotopic (exact) mass is 174 g/mol. The molecule has 58 valence electrons. The Labute approximate surface area is 73.1 Å². The van der Waals surface area contributed by atoms with Gasteiger partial charge in [0.05, 0.1) is 0 Å². The Morgan fingerprint density at radius 3 is 2.20 bits per heavy atom. The van der Waals surface area contributed by atoms with Gasteiger partial charge in [-0.1, -0.05) is 11.6 Å². The van der Waals surface area contributed by atoms with Gasteiger partial charge in [0.2, 0.25) is 0 Å². The molecule has 0 bridgehead atoms. The van der Waals surface area contributed by atoms with Crippen LogP contribution in [-0.2, 0) is 0 Å². The zero-order valence-corrected chi connectivity index (χ0v) is 8.81. The summed E-state index contributed by atoms with van der Waals surface area (Å²) >= 11 is 3.87. The molecule has 0 aliphatic rings. The lowest BCUT2D eigenvalue weighted by Crippen LogP contribution is -2.00. The molecule has 0 saturated heterocycles. The number of hydrogen-bond donors (Lipinski definition) is 0. The van der Waals surface area contributed by atoms with E-state index in [0.717, 1.165) is 5.27 Å². The highest BCUT2D eigenvalue weighted by Gasteiger charge is 2.09. The summed E-state index contributed by atoms with van der Waals surface area (Å²) in [5.74, 6) is 0. The highest BCUT2D eigenvalue weighted by molar-refractivity contribution is 8.53. The third-order valence-corrected chi connectivity index (χ3v) is 4.05. The summed E-state index contributed by atoms with van der Waals surface area (Å²) in [7, 11) is 0. The van der Waals surface area contributed by atoms with Crippen LogP contribution in [0.15, 0.2) is 11.6 Å². The summed E-state index contributed by atoms with van der Waals surface area (Å²) < 4.78 is 0. The van der Waals surface area contributed by atoms with Crippen LogP contribution in [0.2, 0.25) is 6.32 Å². The van der Waals surface area contributed by atoms with Crippen molar-refractivity contribution < 1.29 is 0 Å². The van der Waals surface area contributed by atoms with Crippen molar-refractivity contribution in [3.05, 3.63) is 11.6 Å². The summed E-state index contributed by atoms with van der Waals surface area (Å²) in [6, 6.07) is 0. The van der Waals surface area contributed by atoms with E-state index >= 15 is 0 Å². The molecule has 3 heteroatoms. The van der Waals surface area contributed by atoms with E-state index in [-0.39, 0.29) is 0 Å². The first kappa shape index (κ1) is 10.5. The lowest BCUT2D eigenvalue weighted by molar-refractivity contribution is 1.35. The Morgan fingerprint density at radius 2 is 1.90 bits per heavy atom. The van der Waals surface area contributed by atoms with E-state index in [1.807, 2.05) is 23.2 Å². The quantitative estimate of drug-likeness (QED) is 0.474. The van der Waals surface area contributed by atoms with Crippen molar-refractivity contribution in [3.63, 3.8) is 0 Å². The topological polar surface area (TPSA) is 0 Å². The smallest absolute Gasteiger partial charge is 0.198 e. The van der Waals surface area contributed by atoms with Gasteiger partial charge in [-0.15, -0.1) is 0 Å². The molecular weight excluding hydrogens is 159 g/mol. The van der Waals surface area contributed by atoms with Gasteiger partial charge in [-0.25, -0.2) is 0 Å². The van der Waals surface area contributed by atoms with E-state index in [1.165, 1.54) is 11.9 Å². The van der Waals surface area contributed by atoms with Gasteiger partial charge in [-0.3, -0.25) is 0 Å². The summed E-state index contributed by atoms with van der Waals surface area (Å²) in [5.41, 5.74) is 1.49. The van der Waals surface area contributed by atoms with Crippen LogP contribution >= 0.6 is 23.2 Å². The molecule has 0 aliphatic heterocycles. The van der Waals surface area contributed by atoms with Gasteiger partial charge in [0.15, 0.2) is 0 Å². The minimum Gasteiger partial charge on any atom is -0.198 e. The predicted molar refractivity (Wildman–Crippen MR) is 57.0 cm³/mol. The fourth-order valence-electron chi connectivity index (χ4n) is 0.644. The average Bonchev–Trinajstić information content (AvgIpc) is 1.99. The van der Waals surface area contributed by atoms with Crippen LogP contribution in [0.25, 0.3) is 0 Å². The maximum Gasteiger partial charge on any atom is 0.277 e. The molecule has 0 saturated carbocycles. The number of allylic oxidation sites excluding steroid dienone is 2. The third-order valence-electron chi connectivity index (χ3n) is 1.51. The fraction of sp³-hybridized carbons (Fsp3) is 0.714. The van der Waals surface area contributed by atoms with E-state index in [4.69, 9.17) is 0 Å². The molecule has 0 rings (SSSR count). The average molecular weight is 174 g/mol. The molecule has 0 aromatic rings. The molecule has 10 heavy (non-hydrogen) atoms. The van der Waals surface area contributed by atoms with E-state index < -0.39 is 0 Å². The van der Waals surface area contributed by atoms with Crippen molar-refractivity contribution in [3.8, 4) is 0 Å². The molecule has 0 aromatic heterocycles. The SMILES string of the molecule is C/C=C(\C)CB(SC)SC. The molecule has 0 fully saturated rings. The molecule has 0 radical (unpaired) electrons. The second kappa shape index (κ2) is 6.23. The van der Waals surface area contributed by atoms with Gasteiger partial charge in [0.1, 0.15) is 0 Å². The highest BCUT2D eigenvalue weighted by Crippen LogP contribution is 2.21. The van der Waals surface area contributed by atoms with Gasteiger partial charge >= 0.3 is 0 Å². The van der Waals surface area contributed by atoms with Crippen molar-refractivity contribution in [2.45, 2.75) is 20.2 Å². The summed E-state index contributed by atoms with van der Waals surface area (Å²) in [5, 5.41) is 0.746. The van der Waals surface area contributed by atoms with E-state index in [2.05, 4.69) is 32.4 Å². The van der Waals surface area contributed by atoms with Gasteiger partial charge in [-0.05, 0) is 32.7 Å².